The van der Waals surface area contributed by atoms with Gasteiger partial charge < -0.3 is 9.84 Å². The van der Waals surface area contributed by atoms with Crippen LogP contribution in [0.3, 0.4) is 0 Å². The number of fused-ring (bicyclic) bond motifs is 10. The van der Waals surface area contributed by atoms with Crippen molar-refractivity contribution in [2.45, 2.75) is 38.5 Å². The highest BCUT2D eigenvalue weighted by atomic mass is 79.9. The molecule has 1 N–H and O–H groups in total. The number of phenols is 1. The van der Waals surface area contributed by atoms with E-state index in [1.54, 1.807) is 12.3 Å². The van der Waals surface area contributed by atoms with Crippen molar-refractivity contribution in [2.24, 2.45) is 0 Å². The molecule has 0 radical (unpaired) electrons. The lowest BCUT2D eigenvalue weighted by molar-refractivity contribution is 0.474. The molecule has 8 nitrogen and oxygen atoms in total. The number of hydrogen-bond acceptors (Lipinski definition) is 6. The highest BCUT2D eigenvalue weighted by Crippen LogP contribution is 2.49. The molecule has 0 fully saturated rings. The molecule has 14 rings (SSSR count). The zero-order valence-electron chi connectivity index (χ0n) is 39.5. The number of aromatic hydroxyl groups is 1. The van der Waals surface area contributed by atoms with Crippen LogP contribution in [0.5, 0.6) is 17.2 Å². The Hall–Kier alpha value is -8.40. The molecule has 0 amide bonds. The van der Waals surface area contributed by atoms with E-state index in [0.29, 0.717) is 0 Å². The first-order valence-corrected chi connectivity index (χ1v) is 24.5. The van der Waals surface area contributed by atoms with Crippen LogP contribution in [0.25, 0.3) is 77.8 Å². The number of nitrogens with zero attached hydrogens (tertiary/aromatic N) is 6. The molecule has 0 aliphatic carbocycles. The van der Waals surface area contributed by atoms with Crippen LogP contribution in [0, 0.1) is 0 Å². The van der Waals surface area contributed by atoms with E-state index in [-0.39, 0.29) is 16.6 Å². The van der Waals surface area contributed by atoms with Gasteiger partial charge in [-0.15, -0.1) is 0 Å². The SMILES string of the molecule is Brc1cccc(-c2ccccn2)c1.CC1(C)c2ccc(O)cc2-n2c3ncccc3c3cccc1c32.CC1(C)c2ccc(Oc3cccc(-c4ccccn4)c3)cc2-n2c3ncccc3c3cccc1c32. The number of rotatable bonds is 4. The fraction of sp³-hybridized carbons (Fsp3) is 0.0968. The number of benzene rings is 6. The fourth-order valence-electron chi connectivity index (χ4n) is 10.6. The predicted molar refractivity (Wildman–Crippen MR) is 290 cm³/mol. The Morgan fingerprint density at radius 2 is 0.915 bits per heavy atom. The Kier molecular flexibility index (Phi) is 10.6. The molecule has 2 aliphatic heterocycles. The first-order valence-electron chi connectivity index (χ1n) is 23.7. The van der Waals surface area contributed by atoms with Gasteiger partial charge in [0.1, 0.15) is 28.5 Å². The standard InChI is InChI=1S/C31H23N3O.C20H16N2O.C11H8BrN/c1-31(2)25-15-14-22(35-21-9-5-8-20(18-21)27-13-3-4-16-32-27)19-28(25)34-29-23(10-6-12-26(29)31)24-11-7-17-33-30(24)34;1-20(2)15-9-8-12(23)11-17(15)22-18-13(5-3-7-16(18)20)14-6-4-10-21-19(14)22;12-10-5-3-4-9(8-10)11-6-1-2-7-13-11/h3-19H,1-2H3;3-11,23H,1-2H3;1-8H. The Morgan fingerprint density at radius 1 is 0.423 bits per heavy atom. The molecule has 0 saturated heterocycles. The second-order valence-electron chi connectivity index (χ2n) is 19.0. The van der Waals surface area contributed by atoms with Crippen molar-refractivity contribution >= 4 is 59.8 Å². The summed E-state index contributed by atoms with van der Waals surface area (Å²) in [6, 6.07) is 61.4. The van der Waals surface area contributed by atoms with Crippen molar-refractivity contribution in [3.05, 3.63) is 234 Å². The minimum atomic E-state index is -0.142. The van der Waals surface area contributed by atoms with Gasteiger partial charge in [0.25, 0.3) is 0 Å². The van der Waals surface area contributed by atoms with Gasteiger partial charge in [0.2, 0.25) is 0 Å². The molecule has 12 aromatic rings. The number of halogens is 1. The van der Waals surface area contributed by atoms with Crippen LogP contribution in [0.15, 0.2) is 211 Å². The summed E-state index contributed by atoms with van der Waals surface area (Å²) < 4.78 is 12.0. The van der Waals surface area contributed by atoms with Gasteiger partial charge in [-0.25, -0.2) is 9.97 Å². The second kappa shape index (κ2) is 17.2. The van der Waals surface area contributed by atoms with Crippen LogP contribution in [-0.2, 0) is 10.8 Å². The molecule has 0 atom stereocenters. The first kappa shape index (κ1) is 43.9. The maximum atomic E-state index is 10.0. The molecule has 0 spiro atoms. The van der Waals surface area contributed by atoms with E-state index in [4.69, 9.17) is 9.72 Å². The Bertz CT molecular complexity index is 4010. The van der Waals surface area contributed by atoms with Gasteiger partial charge in [0.15, 0.2) is 0 Å². The largest absolute Gasteiger partial charge is 0.508 e. The summed E-state index contributed by atoms with van der Waals surface area (Å²) in [6.07, 6.45) is 7.30. The average Bonchev–Trinajstić information content (AvgIpc) is 3.92. The topological polar surface area (TPSA) is 90.9 Å². The number of pyridine rings is 4. The molecule has 0 unspecified atom stereocenters. The minimum absolute atomic E-state index is 0.118. The zero-order chi connectivity index (χ0) is 48.4. The van der Waals surface area contributed by atoms with Crippen molar-refractivity contribution in [1.82, 2.24) is 29.1 Å². The smallest absolute Gasteiger partial charge is 0.145 e. The van der Waals surface area contributed by atoms with E-state index in [2.05, 4.69) is 147 Å². The Labute approximate surface area is 419 Å². The number of ether oxygens (including phenoxy) is 1. The van der Waals surface area contributed by atoms with Crippen LogP contribution in [0.4, 0.5) is 0 Å². The summed E-state index contributed by atoms with van der Waals surface area (Å²) in [5.74, 6) is 1.86. The van der Waals surface area contributed by atoms with Gasteiger partial charge in [-0.1, -0.05) is 129 Å². The highest BCUT2D eigenvalue weighted by molar-refractivity contribution is 9.10. The van der Waals surface area contributed by atoms with E-state index in [1.165, 1.54) is 49.4 Å². The van der Waals surface area contributed by atoms with Crippen molar-refractivity contribution < 1.29 is 9.84 Å². The van der Waals surface area contributed by atoms with Crippen molar-refractivity contribution in [3.8, 4) is 51.1 Å². The Balaban J connectivity index is 0.000000123. The molecule has 0 saturated carbocycles. The summed E-state index contributed by atoms with van der Waals surface area (Å²) in [5.41, 5.74) is 15.4. The van der Waals surface area contributed by atoms with Crippen LogP contribution in [0.1, 0.15) is 49.9 Å². The summed E-state index contributed by atoms with van der Waals surface area (Å²) in [6.45, 7) is 9.08. The van der Waals surface area contributed by atoms with Gasteiger partial charge >= 0.3 is 0 Å². The molecule has 344 valence electrons. The van der Waals surface area contributed by atoms with E-state index in [1.807, 2.05) is 116 Å². The highest BCUT2D eigenvalue weighted by Gasteiger charge is 2.37. The molecular weight excluding hydrogens is 941 g/mol. The third-order valence-corrected chi connectivity index (χ3v) is 14.5. The molecule has 6 aromatic heterocycles. The van der Waals surface area contributed by atoms with Gasteiger partial charge in [-0.05, 0) is 107 Å². The summed E-state index contributed by atoms with van der Waals surface area (Å²) in [4.78, 5) is 18.1. The molecule has 8 heterocycles. The van der Waals surface area contributed by atoms with Gasteiger partial charge in [0, 0.05) is 84.9 Å². The van der Waals surface area contributed by atoms with E-state index < -0.39 is 0 Å². The monoisotopic (exact) mass is 986 g/mol. The number of aromatic nitrogens is 6. The molecule has 6 aromatic carbocycles. The second-order valence-corrected chi connectivity index (χ2v) is 19.9. The van der Waals surface area contributed by atoms with Crippen molar-refractivity contribution in [2.75, 3.05) is 0 Å². The lowest BCUT2D eigenvalue weighted by atomic mass is 9.74. The van der Waals surface area contributed by atoms with E-state index in [9.17, 15) is 5.11 Å². The molecule has 9 heteroatoms. The summed E-state index contributed by atoms with van der Waals surface area (Å²) in [5, 5.41) is 14.8. The summed E-state index contributed by atoms with van der Waals surface area (Å²) >= 11 is 3.43. The number of para-hydroxylation sites is 2. The lowest BCUT2D eigenvalue weighted by Crippen LogP contribution is -2.26. The number of hydrogen-bond donors (Lipinski definition) is 1. The third-order valence-electron chi connectivity index (χ3n) is 14.0. The lowest BCUT2D eigenvalue weighted by Gasteiger charge is -2.34. The van der Waals surface area contributed by atoms with E-state index in [0.717, 1.165) is 66.5 Å². The van der Waals surface area contributed by atoms with Gasteiger partial charge in [-0.3, -0.25) is 19.1 Å². The molecule has 2 aliphatic rings. The number of phenolic OH excluding ortho intramolecular Hbond substituents is 1. The van der Waals surface area contributed by atoms with Crippen LogP contribution < -0.4 is 4.74 Å². The fourth-order valence-corrected chi connectivity index (χ4v) is 11.0. The van der Waals surface area contributed by atoms with Crippen LogP contribution in [0.2, 0.25) is 0 Å². The maximum absolute atomic E-state index is 10.0. The summed E-state index contributed by atoms with van der Waals surface area (Å²) in [7, 11) is 0. The molecule has 0 bridgehead atoms. The molecule has 71 heavy (non-hydrogen) atoms. The van der Waals surface area contributed by atoms with Crippen molar-refractivity contribution in [1.29, 1.82) is 0 Å². The zero-order valence-corrected chi connectivity index (χ0v) is 41.1. The van der Waals surface area contributed by atoms with Gasteiger partial charge in [-0.2, -0.15) is 0 Å². The maximum Gasteiger partial charge on any atom is 0.145 e. The minimum Gasteiger partial charge on any atom is -0.508 e. The average molecular weight is 988 g/mol. The normalized spacial score (nSPS) is 13.4. The third kappa shape index (κ3) is 7.43. The molecular formula is C62H47BrN6O2. The predicted octanol–water partition coefficient (Wildman–Crippen LogP) is 15.7. The van der Waals surface area contributed by atoms with E-state index >= 15 is 0 Å². The quantitative estimate of drug-likeness (QED) is 0.189. The Morgan fingerprint density at radius 3 is 1.48 bits per heavy atom. The van der Waals surface area contributed by atoms with Crippen LogP contribution in [-0.4, -0.2) is 34.2 Å². The van der Waals surface area contributed by atoms with Gasteiger partial charge in [0.05, 0.1) is 33.8 Å². The first-order chi connectivity index (χ1) is 34.6. The van der Waals surface area contributed by atoms with Crippen molar-refractivity contribution in [3.63, 3.8) is 0 Å². The van der Waals surface area contributed by atoms with Crippen LogP contribution >= 0.6 is 15.9 Å².